The van der Waals surface area contributed by atoms with Gasteiger partial charge in [0, 0.05) is 24.1 Å². The second kappa shape index (κ2) is 11.8. The quantitative estimate of drug-likeness (QED) is 0.360. The Morgan fingerprint density at radius 2 is 1.78 bits per heavy atom. The molecule has 0 radical (unpaired) electrons. The molecule has 2 aromatic carbocycles. The summed E-state index contributed by atoms with van der Waals surface area (Å²) in [5.74, 6) is -2.46. The average Bonchev–Trinajstić information content (AvgIpc) is 3.68. The molecule has 2 heterocycles. The molecule has 1 amide bonds. The van der Waals surface area contributed by atoms with Gasteiger partial charge in [0.25, 0.3) is 5.91 Å². The van der Waals surface area contributed by atoms with Gasteiger partial charge in [0.1, 0.15) is 23.8 Å². The molecule has 3 fully saturated rings. The smallest absolute Gasteiger partial charge is 0.416 e. The maximum absolute atomic E-state index is 15.1. The predicted octanol–water partition coefficient (Wildman–Crippen LogP) is 6.30. The number of carboxylic acid groups (broad SMARTS) is 1. The van der Waals surface area contributed by atoms with Crippen molar-refractivity contribution in [3.63, 3.8) is 0 Å². The fourth-order valence-corrected chi connectivity index (χ4v) is 5.78. The molecule has 1 saturated carbocycles. The van der Waals surface area contributed by atoms with E-state index in [1.165, 1.54) is 12.1 Å². The summed E-state index contributed by atoms with van der Waals surface area (Å²) in [6.07, 6.45) is -3.11. The summed E-state index contributed by atoms with van der Waals surface area (Å²) in [6, 6.07) is 4.55. The van der Waals surface area contributed by atoms with E-state index in [1.807, 2.05) is 4.90 Å². The number of alkyl halides is 4. The molecule has 0 unspecified atom stereocenters. The van der Waals surface area contributed by atoms with Gasteiger partial charge in [-0.05, 0) is 86.0 Å². The first-order valence-electron chi connectivity index (χ1n) is 13.6. The summed E-state index contributed by atoms with van der Waals surface area (Å²) >= 11 is 6.15. The van der Waals surface area contributed by atoms with E-state index < -0.39 is 48.2 Å². The summed E-state index contributed by atoms with van der Waals surface area (Å²) in [5.41, 5.74) is 0.0665. The molecule has 2 atom stereocenters. The maximum Gasteiger partial charge on any atom is 0.416 e. The van der Waals surface area contributed by atoms with E-state index in [1.54, 1.807) is 0 Å². The number of likely N-dealkylation sites (tertiary alicyclic amines) is 2. The number of ether oxygens (including phenoxy) is 1. The highest BCUT2D eigenvalue weighted by atomic mass is 35.5. The normalized spacial score (nSPS) is 22.2. The molecule has 1 N–H and O–H groups in total. The number of benzene rings is 2. The minimum absolute atomic E-state index is 0.0963. The number of rotatable bonds is 8. The lowest BCUT2D eigenvalue weighted by atomic mass is 9.97. The highest BCUT2D eigenvalue weighted by molar-refractivity contribution is 6.31. The third-order valence-corrected chi connectivity index (χ3v) is 8.46. The Hall–Kier alpha value is -2.92. The molecule has 1 aliphatic carbocycles. The third kappa shape index (κ3) is 6.77. The summed E-state index contributed by atoms with van der Waals surface area (Å²) < 4.78 is 74.4. The molecule has 2 aliphatic heterocycles. The number of carboxylic acids is 1. The molecular weight excluding hydrogens is 571 g/mol. The Labute approximate surface area is 239 Å². The summed E-state index contributed by atoms with van der Waals surface area (Å²) in [6.45, 7) is 1.47. The molecule has 12 heteroatoms. The summed E-state index contributed by atoms with van der Waals surface area (Å²) in [5, 5.41) is 9.66. The van der Waals surface area contributed by atoms with Gasteiger partial charge in [0.05, 0.1) is 24.3 Å². The van der Waals surface area contributed by atoms with Crippen molar-refractivity contribution in [2.45, 2.75) is 63.0 Å². The van der Waals surface area contributed by atoms with Gasteiger partial charge in [0.2, 0.25) is 0 Å². The van der Waals surface area contributed by atoms with Crippen LogP contribution in [0.25, 0.3) is 0 Å². The van der Waals surface area contributed by atoms with E-state index in [-0.39, 0.29) is 28.8 Å². The summed E-state index contributed by atoms with van der Waals surface area (Å²) in [7, 11) is 0. The number of carbonyl (C=O) groups excluding carboxylic acids is 1. The Bertz CT molecular complexity index is 1310. The van der Waals surface area contributed by atoms with Gasteiger partial charge < -0.3 is 14.7 Å². The SMILES string of the molecule is O=C(O)[C@@H]1C[C@@H](F)CN1C(=O)c1cc(C2CC2)c(OCC2CCN(Cc3cc(C(F)(F)F)ccc3Cl)CC2)cc1F. The Kier molecular flexibility index (Phi) is 8.48. The van der Waals surface area contributed by atoms with Crippen LogP contribution in [-0.2, 0) is 17.5 Å². The second-order valence-corrected chi connectivity index (χ2v) is 11.5. The van der Waals surface area contributed by atoms with Crippen LogP contribution >= 0.6 is 11.6 Å². The Morgan fingerprint density at radius 3 is 2.41 bits per heavy atom. The molecule has 41 heavy (non-hydrogen) atoms. The fraction of sp³-hybridized carbons (Fsp3) is 0.517. The molecule has 222 valence electrons. The molecule has 2 saturated heterocycles. The zero-order chi connectivity index (χ0) is 29.5. The van der Waals surface area contributed by atoms with Crippen molar-refractivity contribution >= 4 is 23.5 Å². The zero-order valence-electron chi connectivity index (χ0n) is 22.1. The van der Waals surface area contributed by atoms with Crippen molar-refractivity contribution in [1.82, 2.24) is 9.80 Å². The van der Waals surface area contributed by atoms with Crippen molar-refractivity contribution in [2.24, 2.45) is 5.92 Å². The number of amides is 1. The standard InChI is InChI=1S/C29H30ClF5N2O4/c30-23-4-3-19(29(33,34)35)9-18(23)13-36-7-5-16(6-8-36)15-41-26-12-24(32)22(11-21(26)17-1-2-17)27(38)37-14-20(31)10-25(37)28(39)40/h3-4,9,11-12,16-17,20,25H,1-2,5-8,10,13-15H2,(H,39,40)/t20-,25+/m1/s1. The van der Waals surface area contributed by atoms with E-state index >= 15 is 4.39 Å². The molecule has 0 bridgehead atoms. The van der Waals surface area contributed by atoms with Crippen LogP contribution in [0.3, 0.4) is 0 Å². The van der Waals surface area contributed by atoms with E-state index in [0.29, 0.717) is 43.1 Å². The van der Waals surface area contributed by atoms with Crippen LogP contribution in [0, 0.1) is 11.7 Å². The van der Waals surface area contributed by atoms with Crippen LogP contribution in [0.15, 0.2) is 30.3 Å². The second-order valence-electron chi connectivity index (χ2n) is 11.1. The lowest BCUT2D eigenvalue weighted by Gasteiger charge is -2.32. The van der Waals surface area contributed by atoms with E-state index in [9.17, 15) is 32.3 Å². The average molecular weight is 601 g/mol. The number of aliphatic carboxylic acids is 1. The van der Waals surface area contributed by atoms with Crippen LogP contribution in [0.4, 0.5) is 22.0 Å². The molecular formula is C29H30ClF5N2O4. The van der Waals surface area contributed by atoms with Crippen molar-refractivity contribution in [3.8, 4) is 5.75 Å². The topological polar surface area (TPSA) is 70.1 Å². The molecule has 3 aliphatic rings. The molecule has 0 spiro atoms. The van der Waals surface area contributed by atoms with E-state index in [2.05, 4.69) is 0 Å². The van der Waals surface area contributed by atoms with Gasteiger partial charge in [0.15, 0.2) is 0 Å². The Balaban J connectivity index is 1.21. The van der Waals surface area contributed by atoms with E-state index in [0.717, 1.165) is 48.8 Å². The number of piperidine rings is 1. The monoisotopic (exact) mass is 600 g/mol. The van der Waals surface area contributed by atoms with Crippen LogP contribution < -0.4 is 4.74 Å². The van der Waals surface area contributed by atoms with Gasteiger partial charge in [-0.25, -0.2) is 13.6 Å². The minimum Gasteiger partial charge on any atom is -0.493 e. The van der Waals surface area contributed by atoms with Crippen LogP contribution in [0.1, 0.15) is 65.1 Å². The van der Waals surface area contributed by atoms with Crippen LogP contribution in [0.5, 0.6) is 5.75 Å². The molecule has 5 rings (SSSR count). The number of hydrogen-bond donors (Lipinski definition) is 1. The first-order chi connectivity index (χ1) is 19.4. The summed E-state index contributed by atoms with van der Waals surface area (Å²) in [4.78, 5) is 27.5. The highest BCUT2D eigenvalue weighted by Gasteiger charge is 2.41. The van der Waals surface area contributed by atoms with E-state index in [4.69, 9.17) is 16.3 Å². The van der Waals surface area contributed by atoms with Crippen molar-refractivity contribution in [2.75, 3.05) is 26.2 Å². The lowest BCUT2D eigenvalue weighted by molar-refractivity contribution is -0.141. The molecule has 6 nitrogen and oxygen atoms in total. The number of hydrogen-bond acceptors (Lipinski definition) is 4. The van der Waals surface area contributed by atoms with Crippen LogP contribution in [-0.4, -0.2) is 65.2 Å². The largest absolute Gasteiger partial charge is 0.493 e. The number of halogens is 6. The first kappa shape index (κ1) is 29.6. The van der Waals surface area contributed by atoms with Gasteiger partial charge in [-0.2, -0.15) is 13.2 Å². The Morgan fingerprint density at radius 1 is 1.07 bits per heavy atom. The molecule has 2 aromatic rings. The maximum atomic E-state index is 15.1. The fourth-order valence-electron chi connectivity index (χ4n) is 5.60. The van der Waals surface area contributed by atoms with Gasteiger partial charge in [-0.15, -0.1) is 0 Å². The molecule has 0 aromatic heterocycles. The van der Waals surface area contributed by atoms with Crippen molar-refractivity contribution < 1.29 is 41.4 Å². The lowest BCUT2D eigenvalue weighted by Crippen LogP contribution is -2.41. The van der Waals surface area contributed by atoms with Crippen molar-refractivity contribution in [1.29, 1.82) is 0 Å². The predicted molar refractivity (Wildman–Crippen MR) is 140 cm³/mol. The highest BCUT2D eigenvalue weighted by Crippen LogP contribution is 2.45. The minimum atomic E-state index is -4.44. The first-order valence-corrected chi connectivity index (χ1v) is 14.0. The van der Waals surface area contributed by atoms with Gasteiger partial charge >= 0.3 is 12.1 Å². The van der Waals surface area contributed by atoms with Crippen molar-refractivity contribution in [3.05, 3.63) is 63.4 Å². The number of carbonyl (C=O) groups is 2. The van der Waals surface area contributed by atoms with Gasteiger partial charge in [-0.3, -0.25) is 9.69 Å². The van der Waals surface area contributed by atoms with Gasteiger partial charge in [-0.1, -0.05) is 11.6 Å². The number of nitrogens with zero attached hydrogens (tertiary/aromatic N) is 2. The van der Waals surface area contributed by atoms with Crippen LogP contribution in [0.2, 0.25) is 5.02 Å². The zero-order valence-corrected chi connectivity index (χ0v) is 22.9. The third-order valence-electron chi connectivity index (χ3n) is 8.09.